The molecule has 11 aromatic rings. The fourth-order valence-corrected chi connectivity index (χ4v) is 9.37. The zero-order chi connectivity index (χ0) is 36.3. The van der Waals surface area contributed by atoms with E-state index in [1.807, 2.05) is 11.3 Å². The topological polar surface area (TPSA) is 25.8 Å². The summed E-state index contributed by atoms with van der Waals surface area (Å²) in [7, 11) is 0. The smallest absolute Gasteiger partial charge is 0.161 e. The van der Waals surface area contributed by atoms with E-state index >= 15 is 0 Å². The van der Waals surface area contributed by atoms with E-state index < -0.39 is 0 Å². The highest BCUT2D eigenvalue weighted by atomic mass is 32.1. The SMILES string of the molecule is c1ccc(-c2ccc(-c3cc(-c4cccc(-c5cccc6sc7ccccc7c56)c4)nc(-c4c5ccccc5cc5c4ccc4ccccc45)n3)cc2)cc1. The summed E-state index contributed by atoms with van der Waals surface area (Å²) in [4.78, 5) is 10.9. The van der Waals surface area contributed by atoms with Crippen LogP contribution in [0, 0.1) is 0 Å². The van der Waals surface area contributed by atoms with Crippen molar-refractivity contribution in [1.82, 2.24) is 9.97 Å². The van der Waals surface area contributed by atoms with Gasteiger partial charge in [-0.2, -0.15) is 0 Å². The van der Waals surface area contributed by atoms with Crippen molar-refractivity contribution >= 4 is 63.8 Å². The quantitative estimate of drug-likeness (QED) is 0.131. The Bertz CT molecular complexity index is 3250. The maximum absolute atomic E-state index is 5.47. The van der Waals surface area contributed by atoms with E-state index in [1.54, 1.807) is 0 Å². The van der Waals surface area contributed by atoms with E-state index in [0.717, 1.165) is 38.9 Å². The van der Waals surface area contributed by atoms with E-state index in [2.05, 4.69) is 194 Å². The Morgan fingerprint density at radius 1 is 0.327 bits per heavy atom. The van der Waals surface area contributed by atoms with Crippen LogP contribution in [0.2, 0.25) is 0 Å². The molecule has 0 aliphatic heterocycles. The number of hydrogen-bond donors (Lipinski definition) is 0. The molecule has 0 bridgehead atoms. The fourth-order valence-electron chi connectivity index (χ4n) is 8.24. The van der Waals surface area contributed by atoms with Crippen molar-refractivity contribution in [2.24, 2.45) is 0 Å². The molecule has 256 valence electrons. The summed E-state index contributed by atoms with van der Waals surface area (Å²) in [5.74, 6) is 0.716. The average Bonchev–Trinajstić information content (AvgIpc) is 3.65. The van der Waals surface area contributed by atoms with Crippen molar-refractivity contribution in [1.29, 1.82) is 0 Å². The first kappa shape index (κ1) is 31.6. The molecule has 0 unspecified atom stereocenters. The molecule has 2 aromatic heterocycles. The number of nitrogens with zero attached hydrogens (tertiary/aromatic N) is 2. The second-order valence-electron chi connectivity index (χ2n) is 14.1. The van der Waals surface area contributed by atoms with Crippen molar-refractivity contribution in [3.05, 3.63) is 194 Å². The van der Waals surface area contributed by atoms with Gasteiger partial charge in [0.25, 0.3) is 0 Å². The number of fused-ring (bicyclic) bond motifs is 7. The molecule has 0 fully saturated rings. The zero-order valence-electron chi connectivity index (χ0n) is 29.8. The van der Waals surface area contributed by atoms with Crippen molar-refractivity contribution in [3.63, 3.8) is 0 Å². The summed E-state index contributed by atoms with van der Waals surface area (Å²) < 4.78 is 2.60. The zero-order valence-corrected chi connectivity index (χ0v) is 30.6. The van der Waals surface area contributed by atoms with Crippen LogP contribution in [0.5, 0.6) is 0 Å². The van der Waals surface area contributed by atoms with Gasteiger partial charge < -0.3 is 0 Å². The van der Waals surface area contributed by atoms with Crippen LogP contribution in [0.4, 0.5) is 0 Å². The van der Waals surface area contributed by atoms with E-state index in [-0.39, 0.29) is 0 Å². The Hall–Kier alpha value is -6.94. The summed E-state index contributed by atoms with van der Waals surface area (Å²) >= 11 is 1.85. The Morgan fingerprint density at radius 2 is 0.945 bits per heavy atom. The second kappa shape index (κ2) is 12.9. The first-order chi connectivity index (χ1) is 27.2. The van der Waals surface area contributed by atoms with Crippen molar-refractivity contribution < 1.29 is 0 Å². The van der Waals surface area contributed by atoms with Gasteiger partial charge in [-0.3, -0.25) is 0 Å². The molecule has 3 heteroatoms. The number of rotatable bonds is 5. The van der Waals surface area contributed by atoms with Gasteiger partial charge in [0.1, 0.15) is 0 Å². The summed E-state index contributed by atoms with van der Waals surface area (Å²) in [6.45, 7) is 0. The highest BCUT2D eigenvalue weighted by molar-refractivity contribution is 7.25. The number of benzene rings is 9. The predicted molar refractivity (Wildman–Crippen MR) is 235 cm³/mol. The highest BCUT2D eigenvalue weighted by Gasteiger charge is 2.18. The van der Waals surface area contributed by atoms with Gasteiger partial charge in [0.05, 0.1) is 11.4 Å². The maximum Gasteiger partial charge on any atom is 0.161 e. The number of hydrogen-bond acceptors (Lipinski definition) is 3. The Balaban J connectivity index is 1.15. The van der Waals surface area contributed by atoms with Gasteiger partial charge in [0.2, 0.25) is 0 Å². The molecule has 2 nitrogen and oxygen atoms in total. The third-order valence-electron chi connectivity index (χ3n) is 10.9. The molecule has 0 aliphatic carbocycles. The number of aromatic nitrogens is 2. The fraction of sp³-hybridized carbons (Fsp3) is 0. The van der Waals surface area contributed by atoms with E-state index in [9.17, 15) is 0 Å². The predicted octanol–water partition coefficient (Wildman–Crippen LogP) is 14.6. The van der Waals surface area contributed by atoms with E-state index in [4.69, 9.17) is 9.97 Å². The largest absolute Gasteiger partial charge is 0.228 e. The van der Waals surface area contributed by atoms with Gasteiger partial charge in [-0.15, -0.1) is 11.3 Å². The third kappa shape index (κ3) is 5.40. The molecule has 11 rings (SSSR count). The lowest BCUT2D eigenvalue weighted by Crippen LogP contribution is -1.98. The average molecular weight is 717 g/mol. The standard InChI is InChI=1S/C52H32N2S/c1-2-12-33(13-3-1)34-24-26-36(27-25-34)46-32-47(39-17-10-16-37(30-39)41-21-11-23-49-50(41)44-20-8-9-22-48(44)55-49)54-52(53-46)51-42-19-7-5-15-38(42)31-45-40-18-6-4-14-35(40)28-29-43(45)51/h1-32H. The van der Waals surface area contributed by atoms with Crippen LogP contribution in [-0.2, 0) is 0 Å². The molecule has 55 heavy (non-hydrogen) atoms. The minimum Gasteiger partial charge on any atom is -0.228 e. The summed E-state index contributed by atoms with van der Waals surface area (Å²) in [6, 6.07) is 69.7. The van der Waals surface area contributed by atoms with Crippen LogP contribution < -0.4 is 0 Å². The molecule has 0 saturated carbocycles. The monoisotopic (exact) mass is 716 g/mol. The second-order valence-corrected chi connectivity index (χ2v) is 15.2. The van der Waals surface area contributed by atoms with Gasteiger partial charge in [-0.25, -0.2) is 9.97 Å². The van der Waals surface area contributed by atoms with Gasteiger partial charge in [-0.1, -0.05) is 164 Å². The molecule has 0 atom stereocenters. The van der Waals surface area contributed by atoms with Gasteiger partial charge in [0, 0.05) is 36.9 Å². The normalized spacial score (nSPS) is 11.6. The summed E-state index contributed by atoms with van der Waals surface area (Å²) in [5.41, 5.74) is 9.69. The summed E-state index contributed by atoms with van der Waals surface area (Å²) in [5, 5.41) is 9.69. The third-order valence-corrected chi connectivity index (χ3v) is 12.0. The van der Waals surface area contributed by atoms with Crippen molar-refractivity contribution in [2.45, 2.75) is 0 Å². The minimum atomic E-state index is 0.716. The van der Waals surface area contributed by atoms with Crippen LogP contribution >= 0.6 is 11.3 Å². The first-order valence-corrected chi connectivity index (χ1v) is 19.5. The lowest BCUT2D eigenvalue weighted by atomic mass is 9.92. The van der Waals surface area contributed by atoms with Gasteiger partial charge in [0.15, 0.2) is 5.82 Å². The molecule has 9 aromatic carbocycles. The Kier molecular flexibility index (Phi) is 7.39. The molecular weight excluding hydrogens is 685 g/mol. The van der Waals surface area contributed by atoms with Gasteiger partial charge in [-0.05, 0) is 84.9 Å². The maximum atomic E-state index is 5.47. The number of thiophene rings is 1. The van der Waals surface area contributed by atoms with Crippen LogP contribution in [0.15, 0.2) is 194 Å². The first-order valence-electron chi connectivity index (χ1n) is 18.6. The van der Waals surface area contributed by atoms with Crippen LogP contribution in [0.3, 0.4) is 0 Å². The molecule has 0 saturated heterocycles. The lowest BCUT2D eigenvalue weighted by Gasteiger charge is -2.15. The van der Waals surface area contributed by atoms with Crippen LogP contribution in [0.1, 0.15) is 0 Å². The lowest BCUT2D eigenvalue weighted by molar-refractivity contribution is 1.19. The molecular formula is C52H32N2S. The summed E-state index contributed by atoms with van der Waals surface area (Å²) in [6.07, 6.45) is 0. The van der Waals surface area contributed by atoms with Crippen LogP contribution in [0.25, 0.3) is 109 Å². The Labute approximate surface area is 322 Å². The van der Waals surface area contributed by atoms with Gasteiger partial charge >= 0.3 is 0 Å². The van der Waals surface area contributed by atoms with Crippen LogP contribution in [-0.4, -0.2) is 9.97 Å². The molecule has 0 spiro atoms. The highest BCUT2D eigenvalue weighted by Crippen LogP contribution is 2.42. The van der Waals surface area contributed by atoms with Crippen molar-refractivity contribution in [2.75, 3.05) is 0 Å². The molecule has 0 amide bonds. The van der Waals surface area contributed by atoms with E-state index in [0.29, 0.717) is 5.82 Å². The van der Waals surface area contributed by atoms with Crippen molar-refractivity contribution in [3.8, 4) is 56.2 Å². The Morgan fingerprint density at radius 3 is 1.80 bits per heavy atom. The molecule has 2 heterocycles. The molecule has 0 aliphatic rings. The minimum absolute atomic E-state index is 0.716. The molecule has 0 radical (unpaired) electrons. The van der Waals surface area contributed by atoms with E-state index in [1.165, 1.54) is 64.0 Å². The molecule has 0 N–H and O–H groups in total.